The number of nitrogens with one attached hydrogen (secondary N) is 1. The zero-order valence-electron chi connectivity index (χ0n) is 9.82. The van der Waals surface area contributed by atoms with Crippen LogP contribution in [0.4, 0.5) is 0 Å². The van der Waals surface area contributed by atoms with E-state index < -0.39 is 0 Å². The lowest BCUT2D eigenvalue weighted by Gasteiger charge is -2.16. The van der Waals surface area contributed by atoms with E-state index in [1.807, 2.05) is 18.5 Å². The van der Waals surface area contributed by atoms with Gasteiger partial charge in [0.2, 0.25) is 5.91 Å². The van der Waals surface area contributed by atoms with Crippen LogP contribution in [0.3, 0.4) is 0 Å². The van der Waals surface area contributed by atoms with Crippen molar-refractivity contribution in [2.24, 2.45) is 0 Å². The van der Waals surface area contributed by atoms with Crippen molar-refractivity contribution in [1.82, 2.24) is 9.88 Å². The molecule has 0 aromatic carbocycles. The number of carbonyl (C=O) groups excluding carboxylic acids is 2. The number of hydrogen-bond acceptors (Lipinski definition) is 2. The van der Waals surface area contributed by atoms with Crippen LogP contribution in [0, 0.1) is 0 Å². The third-order valence-corrected chi connectivity index (χ3v) is 2.51. The predicted molar refractivity (Wildman–Crippen MR) is 62.0 cm³/mol. The Hall–Kier alpha value is -1.58. The molecule has 0 bridgehead atoms. The number of likely N-dealkylation sites (N-methyl/N-ethyl adjacent to an activating group) is 1. The number of amides is 1. The summed E-state index contributed by atoms with van der Waals surface area (Å²) < 4.78 is 0. The zero-order valence-corrected chi connectivity index (χ0v) is 9.82. The Morgan fingerprint density at radius 1 is 1.38 bits per heavy atom. The summed E-state index contributed by atoms with van der Waals surface area (Å²) in [5, 5.41) is 0. The van der Waals surface area contributed by atoms with Crippen LogP contribution in [0.5, 0.6) is 0 Å². The molecule has 0 radical (unpaired) electrons. The molecule has 0 fully saturated rings. The molecular weight excluding hydrogens is 204 g/mol. The quantitative estimate of drug-likeness (QED) is 0.790. The summed E-state index contributed by atoms with van der Waals surface area (Å²) in [6.45, 7) is 2.20. The van der Waals surface area contributed by atoms with Crippen molar-refractivity contribution in [2.75, 3.05) is 13.6 Å². The summed E-state index contributed by atoms with van der Waals surface area (Å²) in [5.74, 6) is 0.0955. The number of aromatic amines is 1. The van der Waals surface area contributed by atoms with Crippen molar-refractivity contribution >= 4 is 11.7 Å². The van der Waals surface area contributed by atoms with E-state index in [1.54, 1.807) is 11.9 Å². The highest BCUT2D eigenvalue weighted by Crippen LogP contribution is 2.01. The van der Waals surface area contributed by atoms with Crippen LogP contribution in [-0.4, -0.2) is 35.2 Å². The van der Waals surface area contributed by atoms with Gasteiger partial charge in [-0.15, -0.1) is 0 Å². The lowest BCUT2D eigenvalue weighted by Crippen LogP contribution is -2.28. The van der Waals surface area contributed by atoms with Gasteiger partial charge in [-0.1, -0.05) is 0 Å². The maximum Gasteiger partial charge on any atom is 0.222 e. The number of aromatic nitrogens is 1. The van der Waals surface area contributed by atoms with Gasteiger partial charge in [-0.2, -0.15) is 0 Å². The lowest BCUT2D eigenvalue weighted by atomic mass is 10.2. The molecule has 1 rings (SSSR count). The van der Waals surface area contributed by atoms with Gasteiger partial charge in [0, 0.05) is 38.8 Å². The van der Waals surface area contributed by atoms with E-state index in [0.29, 0.717) is 19.4 Å². The molecule has 1 aromatic rings. The fraction of sp³-hybridized carbons (Fsp3) is 0.500. The van der Waals surface area contributed by atoms with Crippen molar-refractivity contribution in [2.45, 2.75) is 26.2 Å². The van der Waals surface area contributed by atoms with Crippen LogP contribution in [0.2, 0.25) is 0 Å². The topological polar surface area (TPSA) is 53.2 Å². The third-order valence-electron chi connectivity index (χ3n) is 2.51. The van der Waals surface area contributed by atoms with Crippen molar-refractivity contribution < 1.29 is 9.59 Å². The summed E-state index contributed by atoms with van der Waals surface area (Å²) in [6.07, 6.45) is 5.29. The second kappa shape index (κ2) is 6.10. The number of carbonyl (C=O) groups is 2. The van der Waals surface area contributed by atoms with Crippen molar-refractivity contribution in [3.8, 4) is 0 Å². The molecule has 0 aliphatic heterocycles. The first kappa shape index (κ1) is 12.5. The largest absolute Gasteiger partial charge is 0.367 e. The SMILES string of the molecule is CC(=O)CCC(=O)N(C)CCc1cc[nH]c1. The lowest BCUT2D eigenvalue weighted by molar-refractivity contribution is -0.131. The number of Topliss-reactive ketones (excluding diaryl/α,β-unsaturated/α-hetero) is 1. The first-order chi connectivity index (χ1) is 7.59. The number of hydrogen-bond donors (Lipinski definition) is 1. The Labute approximate surface area is 95.6 Å². The molecule has 0 unspecified atom stereocenters. The highest BCUT2D eigenvalue weighted by Gasteiger charge is 2.09. The number of nitrogens with zero attached hydrogens (tertiary/aromatic N) is 1. The molecule has 1 N–H and O–H groups in total. The second-order valence-electron chi connectivity index (χ2n) is 3.99. The minimum Gasteiger partial charge on any atom is -0.367 e. The molecule has 16 heavy (non-hydrogen) atoms. The van der Waals surface area contributed by atoms with Crippen molar-refractivity contribution in [3.05, 3.63) is 24.0 Å². The highest BCUT2D eigenvalue weighted by molar-refractivity contribution is 5.83. The molecule has 1 aromatic heterocycles. The maximum absolute atomic E-state index is 11.6. The molecule has 1 amide bonds. The summed E-state index contributed by atoms with van der Waals surface area (Å²) in [6, 6.07) is 1.99. The fourth-order valence-corrected chi connectivity index (χ4v) is 1.41. The Morgan fingerprint density at radius 2 is 2.12 bits per heavy atom. The van der Waals surface area contributed by atoms with Gasteiger partial charge in [-0.05, 0) is 25.0 Å². The molecule has 0 atom stereocenters. The fourth-order valence-electron chi connectivity index (χ4n) is 1.41. The minimum absolute atomic E-state index is 0.0331. The Bertz CT molecular complexity index is 344. The van der Waals surface area contributed by atoms with Crippen LogP contribution in [-0.2, 0) is 16.0 Å². The van der Waals surface area contributed by atoms with Crippen LogP contribution in [0.15, 0.2) is 18.5 Å². The van der Waals surface area contributed by atoms with Gasteiger partial charge in [0.15, 0.2) is 0 Å². The number of H-pyrrole nitrogens is 1. The second-order valence-corrected chi connectivity index (χ2v) is 3.99. The van der Waals surface area contributed by atoms with E-state index >= 15 is 0 Å². The first-order valence-electron chi connectivity index (χ1n) is 5.44. The molecule has 4 nitrogen and oxygen atoms in total. The van der Waals surface area contributed by atoms with Gasteiger partial charge < -0.3 is 14.7 Å². The molecular formula is C12H18N2O2. The van der Waals surface area contributed by atoms with Gasteiger partial charge >= 0.3 is 0 Å². The van der Waals surface area contributed by atoms with E-state index in [1.165, 1.54) is 12.5 Å². The Balaban J connectivity index is 2.26. The first-order valence-corrected chi connectivity index (χ1v) is 5.44. The minimum atomic E-state index is 0.0331. The van der Waals surface area contributed by atoms with E-state index in [9.17, 15) is 9.59 Å². The van der Waals surface area contributed by atoms with Gasteiger partial charge in [0.25, 0.3) is 0 Å². The van der Waals surface area contributed by atoms with Crippen LogP contribution in [0.25, 0.3) is 0 Å². The molecule has 0 saturated carbocycles. The van der Waals surface area contributed by atoms with E-state index in [0.717, 1.165) is 6.42 Å². The monoisotopic (exact) mass is 222 g/mol. The number of ketones is 1. The molecule has 0 aliphatic carbocycles. The van der Waals surface area contributed by atoms with Gasteiger partial charge in [0.05, 0.1) is 0 Å². The van der Waals surface area contributed by atoms with Gasteiger partial charge in [0.1, 0.15) is 5.78 Å². The Morgan fingerprint density at radius 3 is 2.69 bits per heavy atom. The van der Waals surface area contributed by atoms with E-state index in [4.69, 9.17) is 0 Å². The molecule has 0 spiro atoms. The maximum atomic E-state index is 11.6. The summed E-state index contributed by atoms with van der Waals surface area (Å²) in [7, 11) is 1.77. The average molecular weight is 222 g/mol. The molecule has 1 heterocycles. The van der Waals surface area contributed by atoms with Crippen molar-refractivity contribution in [1.29, 1.82) is 0 Å². The zero-order chi connectivity index (χ0) is 12.0. The normalized spacial score (nSPS) is 10.1. The van der Waals surface area contributed by atoms with Crippen molar-refractivity contribution in [3.63, 3.8) is 0 Å². The van der Waals surface area contributed by atoms with Crippen LogP contribution in [0.1, 0.15) is 25.3 Å². The van der Waals surface area contributed by atoms with Gasteiger partial charge in [-0.25, -0.2) is 0 Å². The molecule has 0 saturated heterocycles. The van der Waals surface area contributed by atoms with Crippen LogP contribution >= 0.6 is 0 Å². The predicted octanol–water partition coefficient (Wildman–Crippen LogP) is 1.38. The smallest absolute Gasteiger partial charge is 0.222 e. The summed E-state index contributed by atoms with van der Waals surface area (Å²) in [4.78, 5) is 27.0. The van der Waals surface area contributed by atoms with Gasteiger partial charge in [-0.3, -0.25) is 4.79 Å². The summed E-state index contributed by atoms with van der Waals surface area (Å²) >= 11 is 0. The molecule has 88 valence electrons. The molecule has 4 heteroatoms. The number of rotatable bonds is 6. The Kier molecular flexibility index (Phi) is 4.76. The molecule has 0 aliphatic rings. The van der Waals surface area contributed by atoms with E-state index in [2.05, 4.69) is 4.98 Å². The highest BCUT2D eigenvalue weighted by atomic mass is 16.2. The van der Waals surface area contributed by atoms with E-state index in [-0.39, 0.29) is 11.7 Å². The average Bonchev–Trinajstić information content (AvgIpc) is 2.75. The van der Waals surface area contributed by atoms with Crippen LogP contribution < -0.4 is 0 Å². The summed E-state index contributed by atoms with van der Waals surface area (Å²) in [5.41, 5.74) is 1.19. The standard InChI is InChI=1S/C12H18N2O2/c1-10(15)3-4-12(16)14(2)8-6-11-5-7-13-9-11/h5,7,9,13H,3-4,6,8H2,1-2H3. The third kappa shape index (κ3) is 4.29.